The van der Waals surface area contributed by atoms with Crippen LogP contribution in [0.5, 0.6) is 0 Å². The number of aromatic nitrogens is 3. The number of fused-ring (bicyclic) bond motifs is 1. The molecule has 0 aliphatic carbocycles. The summed E-state index contributed by atoms with van der Waals surface area (Å²) in [4.78, 5) is 7.87. The molecule has 0 aromatic carbocycles. The lowest BCUT2D eigenvalue weighted by molar-refractivity contribution is 0.887. The van der Waals surface area contributed by atoms with Gasteiger partial charge in [-0.3, -0.25) is 0 Å². The van der Waals surface area contributed by atoms with Crippen molar-refractivity contribution >= 4 is 44.8 Å². The first-order chi connectivity index (χ1) is 7.86. The van der Waals surface area contributed by atoms with Gasteiger partial charge in [-0.1, -0.05) is 17.8 Å². The predicted octanol–water partition coefficient (Wildman–Crippen LogP) is 3.54. The van der Waals surface area contributed by atoms with Crippen LogP contribution in [0.15, 0.2) is 28.7 Å². The van der Waals surface area contributed by atoms with Crippen LogP contribution >= 0.6 is 34.4 Å². The van der Waals surface area contributed by atoms with Crippen LogP contribution in [0.2, 0.25) is 0 Å². The Labute approximate surface area is 105 Å². The van der Waals surface area contributed by atoms with E-state index in [-0.39, 0.29) is 0 Å². The molecule has 3 heterocycles. The van der Waals surface area contributed by atoms with Crippen LogP contribution in [0.25, 0.3) is 20.1 Å². The van der Waals surface area contributed by atoms with Crippen molar-refractivity contribution in [2.75, 3.05) is 6.26 Å². The lowest BCUT2D eigenvalue weighted by atomic mass is 10.4. The van der Waals surface area contributed by atoms with Crippen LogP contribution in [0.4, 0.5) is 0 Å². The summed E-state index contributed by atoms with van der Waals surface area (Å²) in [6.07, 6.45) is 1.95. The maximum Gasteiger partial charge on any atom is 0.210 e. The van der Waals surface area contributed by atoms with Crippen molar-refractivity contribution in [3.05, 3.63) is 23.6 Å². The smallest absolute Gasteiger partial charge is 0.208 e. The highest BCUT2D eigenvalue weighted by molar-refractivity contribution is 7.98. The normalized spacial score (nSPS) is 11.1. The third-order valence-corrected chi connectivity index (χ3v) is 4.70. The fourth-order valence-electron chi connectivity index (χ4n) is 1.36. The molecule has 0 aliphatic heterocycles. The summed E-state index contributed by atoms with van der Waals surface area (Å²) in [6.45, 7) is 0. The Morgan fingerprint density at radius 3 is 2.94 bits per heavy atom. The highest BCUT2D eigenvalue weighted by Gasteiger charge is 2.08. The van der Waals surface area contributed by atoms with Gasteiger partial charge in [0.15, 0.2) is 0 Å². The zero-order chi connectivity index (χ0) is 11.0. The van der Waals surface area contributed by atoms with E-state index in [1.165, 1.54) is 21.5 Å². The van der Waals surface area contributed by atoms with Gasteiger partial charge in [0, 0.05) is 9.75 Å². The van der Waals surface area contributed by atoms with E-state index < -0.39 is 0 Å². The van der Waals surface area contributed by atoms with Crippen LogP contribution in [0.3, 0.4) is 0 Å². The van der Waals surface area contributed by atoms with Gasteiger partial charge in [0.05, 0.1) is 0 Å². The molecule has 3 rings (SSSR count). The second-order valence-corrected chi connectivity index (χ2v) is 5.83. The molecule has 6 heteroatoms. The van der Waals surface area contributed by atoms with Gasteiger partial charge in [0.25, 0.3) is 0 Å². The Kier molecular flexibility index (Phi) is 2.62. The van der Waals surface area contributed by atoms with E-state index in [0.29, 0.717) is 0 Å². The van der Waals surface area contributed by atoms with Crippen molar-refractivity contribution < 1.29 is 0 Å². The van der Waals surface area contributed by atoms with Crippen LogP contribution in [-0.2, 0) is 0 Å². The third kappa shape index (κ3) is 1.73. The van der Waals surface area contributed by atoms with Gasteiger partial charge in [-0.2, -0.15) is 0 Å². The Morgan fingerprint density at radius 2 is 2.19 bits per heavy atom. The Balaban J connectivity index is 2.16. The third-order valence-electron chi connectivity index (χ3n) is 2.08. The summed E-state index contributed by atoms with van der Waals surface area (Å²) in [6, 6.07) is 6.21. The fourth-order valence-corrected chi connectivity index (χ4v) is 3.51. The molecule has 0 bridgehead atoms. The Hall–Kier alpha value is -0.980. The topological polar surface area (TPSA) is 38.7 Å². The van der Waals surface area contributed by atoms with Gasteiger partial charge in [-0.05, 0) is 23.8 Å². The van der Waals surface area contributed by atoms with Crippen LogP contribution in [0, 0.1) is 0 Å². The number of nitrogens with zero attached hydrogens (tertiary/aromatic N) is 3. The Morgan fingerprint density at radius 1 is 1.25 bits per heavy atom. The summed E-state index contributed by atoms with van der Waals surface area (Å²) in [7, 11) is 0. The Bertz CT molecular complexity index is 615. The van der Waals surface area contributed by atoms with E-state index in [9.17, 15) is 0 Å². The molecule has 0 aliphatic rings. The molecule has 0 fully saturated rings. The average Bonchev–Trinajstić information content (AvgIpc) is 2.96. The molecule has 0 saturated heterocycles. The number of hydrogen-bond acceptors (Lipinski definition) is 6. The molecule has 80 valence electrons. The van der Waals surface area contributed by atoms with E-state index in [4.69, 9.17) is 0 Å². The van der Waals surface area contributed by atoms with Crippen molar-refractivity contribution in [2.24, 2.45) is 0 Å². The molecule has 3 aromatic heterocycles. The summed E-state index contributed by atoms with van der Waals surface area (Å²) >= 11 is 4.91. The fraction of sp³-hybridized carbons (Fsp3) is 0.100. The second kappa shape index (κ2) is 4.12. The van der Waals surface area contributed by atoms with Crippen molar-refractivity contribution in [1.29, 1.82) is 0 Å². The van der Waals surface area contributed by atoms with E-state index in [0.717, 1.165) is 15.5 Å². The lowest BCUT2D eigenvalue weighted by Crippen LogP contribution is -1.87. The summed E-state index contributed by atoms with van der Waals surface area (Å²) < 4.78 is 0. The molecule has 0 N–H and O–H groups in total. The summed E-state index contributed by atoms with van der Waals surface area (Å²) in [5.74, 6) is 0. The lowest BCUT2D eigenvalue weighted by Gasteiger charge is -1.90. The molecule has 3 aromatic rings. The van der Waals surface area contributed by atoms with Gasteiger partial charge in [-0.25, -0.2) is 4.98 Å². The maximum absolute atomic E-state index is 4.44. The average molecular weight is 265 g/mol. The minimum absolute atomic E-state index is 0.729. The summed E-state index contributed by atoms with van der Waals surface area (Å²) in [5, 5.41) is 11.0. The molecule has 0 spiro atoms. The largest absolute Gasteiger partial charge is 0.210 e. The molecular formula is C10H7N3S3. The highest BCUT2D eigenvalue weighted by Crippen LogP contribution is 2.34. The number of thiophene rings is 2. The van der Waals surface area contributed by atoms with Gasteiger partial charge in [0.1, 0.15) is 10.3 Å². The van der Waals surface area contributed by atoms with E-state index >= 15 is 0 Å². The molecular weight excluding hydrogens is 258 g/mol. The van der Waals surface area contributed by atoms with Gasteiger partial charge < -0.3 is 0 Å². The van der Waals surface area contributed by atoms with Crippen molar-refractivity contribution in [2.45, 2.75) is 5.16 Å². The minimum Gasteiger partial charge on any atom is -0.208 e. The van der Waals surface area contributed by atoms with Crippen LogP contribution in [0.1, 0.15) is 0 Å². The van der Waals surface area contributed by atoms with E-state index in [1.807, 2.05) is 6.26 Å². The molecule has 0 amide bonds. The standard InChI is InChI=1S/C10H7N3S3/c1-14-10-11-9-6(12-13-10)5-8(16-9)7-3-2-4-15-7/h2-5H,1H3. The summed E-state index contributed by atoms with van der Waals surface area (Å²) in [5.41, 5.74) is 0.881. The first-order valence-electron chi connectivity index (χ1n) is 4.59. The van der Waals surface area contributed by atoms with Crippen LogP contribution < -0.4 is 0 Å². The molecule has 16 heavy (non-hydrogen) atoms. The predicted molar refractivity (Wildman–Crippen MR) is 70.3 cm³/mol. The van der Waals surface area contributed by atoms with Gasteiger partial charge >= 0.3 is 0 Å². The number of hydrogen-bond donors (Lipinski definition) is 0. The quantitative estimate of drug-likeness (QED) is 0.664. The molecule has 0 unspecified atom stereocenters. The SMILES string of the molecule is CSc1nnc2cc(-c3cccs3)sc2n1. The van der Waals surface area contributed by atoms with E-state index in [2.05, 4.69) is 38.8 Å². The zero-order valence-electron chi connectivity index (χ0n) is 8.38. The molecule has 0 saturated carbocycles. The zero-order valence-corrected chi connectivity index (χ0v) is 10.8. The first kappa shape index (κ1) is 10.2. The van der Waals surface area contributed by atoms with Crippen molar-refractivity contribution in [3.8, 4) is 9.75 Å². The number of thioether (sulfide) groups is 1. The van der Waals surface area contributed by atoms with Gasteiger partial charge in [0.2, 0.25) is 5.16 Å². The first-order valence-corrected chi connectivity index (χ1v) is 7.51. The molecule has 3 nitrogen and oxygen atoms in total. The monoisotopic (exact) mass is 265 g/mol. The highest BCUT2D eigenvalue weighted by atomic mass is 32.2. The minimum atomic E-state index is 0.729. The van der Waals surface area contributed by atoms with Crippen LogP contribution in [-0.4, -0.2) is 21.4 Å². The second-order valence-electron chi connectivity index (χ2n) is 3.08. The molecule has 0 atom stereocenters. The van der Waals surface area contributed by atoms with E-state index in [1.54, 1.807) is 22.7 Å². The van der Waals surface area contributed by atoms with Crippen molar-refractivity contribution in [1.82, 2.24) is 15.2 Å². The number of rotatable bonds is 2. The van der Waals surface area contributed by atoms with Crippen molar-refractivity contribution in [3.63, 3.8) is 0 Å². The maximum atomic E-state index is 4.44. The van der Waals surface area contributed by atoms with Gasteiger partial charge in [-0.15, -0.1) is 32.9 Å². The molecule has 0 radical (unpaired) electrons.